The van der Waals surface area contributed by atoms with E-state index in [1.54, 1.807) is 43.5 Å². The maximum absolute atomic E-state index is 12.4. The van der Waals surface area contributed by atoms with Crippen LogP contribution >= 0.6 is 11.6 Å². The van der Waals surface area contributed by atoms with E-state index in [1.165, 1.54) is 4.68 Å². The molecule has 0 aliphatic heterocycles. The Labute approximate surface area is 154 Å². The van der Waals surface area contributed by atoms with Crippen LogP contribution in [0.2, 0.25) is 5.02 Å². The highest BCUT2D eigenvalue weighted by atomic mass is 35.5. The summed E-state index contributed by atoms with van der Waals surface area (Å²) in [6.45, 7) is 0.369. The van der Waals surface area contributed by atoms with Gasteiger partial charge in [-0.2, -0.15) is 0 Å². The van der Waals surface area contributed by atoms with Gasteiger partial charge in [-0.25, -0.2) is 4.79 Å². The van der Waals surface area contributed by atoms with Gasteiger partial charge in [0.1, 0.15) is 5.75 Å². The van der Waals surface area contributed by atoms with Gasteiger partial charge >= 0.3 is 17.2 Å². The predicted octanol–water partition coefficient (Wildman–Crippen LogP) is 1.88. The minimum absolute atomic E-state index is 0.133. The van der Waals surface area contributed by atoms with Crippen LogP contribution in [0.4, 0.5) is 0 Å². The van der Waals surface area contributed by atoms with E-state index >= 15 is 0 Å². The van der Waals surface area contributed by atoms with Crippen LogP contribution in [0.25, 0.3) is 5.69 Å². The van der Waals surface area contributed by atoms with Crippen molar-refractivity contribution in [1.29, 1.82) is 0 Å². The zero-order valence-electron chi connectivity index (χ0n) is 14.0. The summed E-state index contributed by atoms with van der Waals surface area (Å²) < 4.78 is 11.2. The number of H-pyrrole nitrogens is 1. The molecule has 0 atom stereocenters. The number of aromatic nitrogens is 2. The molecule has 26 heavy (non-hydrogen) atoms. The number of hydrogen-bond acceptors (Lipinski definition) is 4. The summed E-state index contributed by atoms with van der Waals surface area (Å²) in [6.07, 6.45) is 0.612. The van der Waals surface area contributed by atoms with Crippen LogP contribution in [-0.2, 0) is 6.42 Å². The molecule has 0 spiro atoms. The molecule has 2 aromatic carbocycles. The van der Waals surface area contributed by atoms with E-state index < -0.39 is 11.5 Å². The Hall–Kier alpha value is -3.06. The molecular formula is C18H17ClN3O4+. The van der Waals surface area contributed by atoms with Crippen molar-refractivity contribution < 1.29 is 18.7 Å². The molecule has 1 aromatic heterocycles. The predicted molar refractivity (Wildman–Crippen MR) is 94.9 cm³/mol. The summed E-state index contributed by atoms with van der Waals surface area (Å²) in [5.74, 6) is 0.138. The molecule has 0 saturated heterocycles. The molecule has 3 rings (SSSR count). The Balaban J connectivity index is 1.71. The highest BCUT2D eigenvalue weighted by Crippen LogP contribution is 2.11. The van der Waals surface area contributed by atoms with Gasteiger partial charge in [0.15, 0.2) is 0 Å². The first-order valence-corrected chi connectivity index (χ1v) is 8.27. The first-order chi connectivity index (χ1) is 12.6. The molecular weight excluding hydrogens is 358 g/mol. The quantitative estimate of drug-likeness (QED) is 0.645. The molecule has 0 unspecified atom stereocenters. The molecule has 7 nitrogen and oxygen atoms in total. The Bertz CT molecular complexity index is 946. The van der Waals surface area contributed by atoms with Gasteiger partial charge in [0.05, 0.1) is 7.11 Å². The van der Waals surface area contributed by atoms with E-state index in [2.05, 4.69) is 10.6 Å². The number of carbonyl (C=O) groups excluding carboxylic acids is 1. The fourth-order valence-electron chi connectivity index (χ4n) is 2.43. The van der Waals surface area contributed by atoms with E-state index in [0.717, 1.165) is 5.56 Å². The summed E-state index contributed by atoms with van der Waals surface area (Å²) in [6, 6.07) is 14.2. The number of halogens is 1. The standard InChI is InChI=1S/C18H16ClN3O4/c1-25-15-8-6-14(7-9-15)22-16(18(24)26-21-22)17(23)20-11-10-12-2-4-13(19)5-3-12/h2-9H,10-11H2,1H3,(H-,20,21,23,24)/p+1. The van der Waals surface area contributed by atoms with E-state index in [-0.39, 0.29) is 5.69 Å². The largest absolute Gasteiger partial charge is 0.497 e. The monoisotopic (exact) mass is 374 g/mol. The van der Waals surface area contributed by atoms with Gasteiger partial charge in [-0.15, -0.1) is 0 Å². The number of nitrogens with one attached hydrogen (secondary N) is 2. The Morgan fingerprint density at radius 1 is 1.19 bits per heavy atom. The Morgan fingerprint density at radius 3 is 2.54 bits per heavy atom. The van der Waals surface area contributed by atoms with Gasteiger partial charge in [-0.3, -0.25) is 9.32 Å². The van der Waals surface area contributed by atoms with Crippen molar-refractivity contribution in [2.45, 2.75) is 6.42 Å². The number of amides is 1. The van der Waals surface area contributed by atoms with Gasteiger partial charge in [0, 0.05) is 23.7 Å². The number of benzene rings is 2. The fraction of sp³-hybridized carbons (Fsp3) is 0.167. The molecule has 0 radical (unpaired) electrons. The molecule has 3 aromatic rings. The van der Waals surface area contributed by atoms with Crippen molar-refractivity contribution in [3.05, 3.63) is 75.2 Å². The van der Waals surface area contributed by atoms with Crippen LogP contribution in [0.3, 0.4) is 0 Å². The number of aromatic amines is 1. The lowest BCUT2D eigenvalue weighted by atomic mass is 10.1. The number of methoxy groups -OCH3 is 1. The topological polar surface area (TPSA) is 88.2 Å². The summed E-state index contributed by atoms with van der Waals surface area (Å²) in [4.78, 5) is 24.4. The normalized spacial score (nSPS) is 10.5. The number of ether oxygens (including phenoxy) is 1. The average Bonchev–Trinajstić information content (AvgIpc) is 3.05. The number of nitrogens with zero attached hydrogens (tertiary/aromatic N) is 1. The average molecular weight is 375 g/mol. The third-order valence-electron chi connectivity index (χ3n) is 3.80. The van der Waals surface area contributed by atoms with Crippen LogP contribution in [-0.4, -0.2) is 24.8 Å². The zero-order chi connectivity index (χ0) is 18.5. The highest BCUT2D eigenvalue weighted by molar-refractivity contribution is 6.30. The summed E-state index contributed by atoms with van der Waals surface area (Å²) in [7, 11) is 1.56. The second-order valence-corrected chi connectivity index (χ2v) is 5.93. The van der Waals surface area contributed by atoms with Crippen molar-refractivity contribution in [2.75, 3.05) is 13.7 Å². The van der Waals surface area contributed by atoms with Crippen molar-refractivity contribution >= 4 is 17.5 Å². The zero-order valence-corrected chi connectivity index (χ0v) is 14.7. The smallest absolute Gasteiger partial charge is 0.441 e. The van der Waals surface area contributed by atoms with Gasteiger partial charge in [0.2, 0.25) is 5.69 Å². The second-order valence-electron chi connectivity index (χ2n) is 5.50. The van der Waals surface area contributed by atoms with E-state index in [9.17, 15) is 9.59 Å². The van der Waals surface area contributed by atoms with E-state index in [1.807, 2.05) is 12.1 Å². The van der Waals surface area contributed by atoms with Crippen LogP contribution in [0.5, 0.6) is 5.75 Å². The summed E-state index contributed by atoms with van der Waals surface area (Å²) in [5.41, 5.74) is 0.717. The molecule has 2 N–H and O–H groups in total. The van der Waals surface area contributed by atoms with Gasteiger partial charge in [-0.1, -0.05) is 23.7 Å². The van der Waals surface area contributed by atoms with Gasteiger partial charge in [0.25, 0.3) is 0 Å². The number of rotatable bonds is 6. The molecule has 0 aliphatic rings. The third kappa shape index (κ3) is 3.94. The number of hydrogen-bond donors (Lipinski definition) is 2. The molecule has 0 aliphatic carbocycles. The van der Waals surface area contributed by atoms with Crippen LogP contribution in [0, 0.1) is 0 Å². The SMILES string of the molecule is COc1ccc(-[n+]2[nH]oc(=O)c2C(=O)NCCc2ccc(Cl)cc2)cc1. The maximum Gasteiger partial charge on any atom is 0.441 e. The fourth-order valence-corrected chi connectivity index (χ4v) is 2.56. The Kier molecular flexibility index (Phi) is 5.38. The first-order valence-electron chi connectivity index (χ1n) is 7.89. The van der Waals surface area contributed by atoms with Crippen LogP contribution < -0.4 is 20.4 Å². The third-order valence-corrected chi connectivity index (χ3v) is 4.06. The van der Waals surface area contributed by atoms with E-state index in [4.69, 9.17) is 20.9 Å². The molecule has 0 fully saturated rings. The Morgan fingerprint density at radius 2 is 1.88 bits per heavy atom. The van der Waals surface area contributed by atoms with Crippen LogP contribution in [0.1, 0.15) is 16.1 Å². The molecule has 1 heterocycles. The molecule has 0 bridgehead atoms. The first kappa shape index (κ1) is 17.8. The second kappa shape index (κ2) is 7.88. The summed E-state index contributed by atoms with van der Waals surface area (Å²) >= 11 is 5.85. The van der Waals surface area contributed by atoms with Gasteiger partial charge < -0.3 is 10.1 Å². The van der Waals surface area contributed by atoms with Crippen molar-refractivity contribution in [2.24, 2.45) is 0 Å². The van der Waals surface area contributed by atoms with E-state index in [0.29, 0.717) is 29.4 Å². The van der Waals surface area contributed by atoms with Crippen molar-refractivity contribution in [3.8, 4) is 11.4 Å². The minimum Gasteiger partial charge on any atom is -0.497 e. The molecule has 1 amide bonds. The maximum atomic E-state index is 12.4. The molecule has 0 saturated carbocycles. The van der Waals surface area contributed by atoms with Crippen LogP contribution in [0.15, 0.2) is 57.8 Å². The number of carbonyl (C=O) groups is 1. The summed E-state index contributed by atoms with van der Waals surface area (Å²) in [5, 5.41) is 5.82. The highest BCUT2D eigenvalue weighted by Gasteiger charge is 2.30. The lowest BCUT2D eigenvalue weighted by molar-refractivity contribution is -0.672. The van der Waals surface area contributed by atoms with Gasteiger partial charge in [-0.05, 0) is 46.2 Å². The molecule has 8 heteroatoms. The minimum atomic E-state index is -0.746. The van der Waals surface area contributed by atoms with Crippen molar-refractivity contribution in [3.63, 3.8) is 0 Å². The van der Waals surface area contributed by atoms with Crippen molar-refractivity contribution in [1.82, 2.24) is 10.6 Å². The lowest BCUT2D eigenvalue weighted by Crippen LogP contribution is -2.45. The molecule has 134 valence electrons. The lowest BCUT2D eigenvalue weighted by Gasteiger charge is -2.03.